The van der Waals surface area contributed by atoms with Crippen molar-refractivity contribution >= 4 is 23.3 Å². The summed E-state index contributed by atoms with van der Waals surface area (Å²) in [5.74, 6) is 1.05. The Morgan fingerprint density at radius 1 is 1.44 bits per heavy atom. The topological polar surface area (TPSA) is 90.1 Å². The van der Waals surface area contributed by atoms with E-state index in [1.165, 1.54) is 0 Å². The van der Waals surface area contributed by atoms with Crippen LogP contribution < -0.4 is 15.5 Å². The summed E-state index contributed by atoms with van der Waals surface area (Å²) in [6.45, 7) is 2.60. The molecule has 0 unspecified atom stereocenters. The molecule has 1 saturated heterocycles. The number of aromatic nitrogens is 2. The third kappa shape index (κ3) is 4.37. The summed E-state index contributed by atoms with van der Waals surface area (Å²) in [6.07, 6.45) is 6.54. The number of anilines is 2. The lowest BCUT2D eigenvalue weighted by atomic mass is 10.2. The molecule has 3 N–H and O–H groups in total. The number of H-pyrrole nitrogens is 1. The number of carbonyl (C=O) groups excluding carboxylic acids is 2. The monoisotopic (exact) mass is 341 g/mol. The molecule has 1 aromatic carbocycles. The zero-order valence-corrected chi connectivity index (χ0v) is 14.3. The molecule has 3 amide bonds. The number of urea groups is 1. The highest BCUT2D eigenvalue weighted by Crippen LogP contribution is 2.28. The molecule has 1 fully saturated rings. The highest BCUT2D eigenvalue weighted by atomic mass is 16.2. The number of nitrogens with one attached hydrogen (secondary N) is 3. The molecule has 1 aliphatic heterocycles. The molecular formula is C18H23N5O2. The van der Waals surface area contributed by atoms with Crippen LogP contribution in [0.4, 0.5) is 16.2 Å². The predicted molar refractivity (Wildman–Crippen MR) is 96.6 cm³/mol. The van der Waals surface area contributed by atoms with Crippen molar-refractivity contribution in [3.63, 3.8) is 0 Å². The molecule has 7 heteroatoms. The number of aromatic amines is 1. The summed E-state index contributed by atoms with van der Waals surface area (Å²) >= 11 is 0. The lowest BCUT2D eigenvalue weighted by molar-refractivity contribution is -0.117. The van der Waals surface area contributed by atoms with Gasteiger partial charge in [0, 0.05) is 49.2 Å². The van der Waals surface area contributed by atoms with E-state index in [1.807, 2.05) is 31.2 Å². The summed E-state index contributed by atoms with van der Waals surface area (Å²) < 4.78 is 0. The standard InChI is InChI=1S/C18H23N5O2/c1-13-7-8-17(24)23(13)15-5-2-4-14(12-15)22-18(25)21-9-3-6-16-19-10-11-20-16/h2,4-5,10-13H,3,6-9H2,1H3,(H,19,20)(H2,21,22,25)/t13-/m1/s1. The van der Waals surface area contributed by atoms with Gasteiger partial charge in [-0.05, 0) is 38.0 Å². The maximum atomic E-state index is 12.0. The number of aryl methyl sites for hydroxylation is 1. The van der Waals surface area contributed by atoms with Gasteiger partial charge in [0.05, 0.1) is 0 Å². The molecule has 0 saturated carbocycles. The lowest BCUT2D eigenvalue weighted by Gasteiger charge is -2.22. The third-order valence-electron chi connectivity index (χ3n) is 4.30. The number of benzene rings is 1. The fraction of sp³-hybridized carbons (Fsp3) is 0.389. The number of hydrogen-bond donors (Lipinski definition) is 3. The van der Waals surface area contributed by atoms with Gasteiger partial charge in [-0.3, -0.25) is 4.79 Å². The van der Waals surface area contributed by atoms with Crippen LogP contribution in [0.5, 0.6) is 0 Å². The van der Waals surface area contributed by atoms with Crippen LogP contribution in [0.3, 0.4) is 0 Å². The fourth-order valence-electron chi connectivity index (χ4n) is 3.03. The molecule has 0 radical (unpaired) electrons. The van der Waals surface area contributed by atoms with Gasteiger partial charge in [-0.2, -0.15) is 0 Å². The minimum absolute atomic E-state index is 0.132. The summed E-state index contributed by atoms with van der Waals surface area (Å²) in [6, 6.07) is 7.33. The van der Waals surface area contributed by atoms with Crippen molar-refractivity contribution in [3.05, 3.63) is 42.5 Å². The smallest absolute Gasteiger partial charge is 0.319 e. The lowest BCUT2D eigenvalue weighted by Crippen LogP contribution is -2.31. The molecule has 0 bridgehead atoms. The fourth-order valence-corrected chi connectivity index (χ4v) is 3.03. The van der Waals surface area contributed by atoms with Gasteiger partial charge in [0.1, 0.15) is 5.82 Å². The zero-order chi connectivity index (χ0) is 17.6. The maximum Gasteiger partial charge on any atom is 0.319 e. The molecule has 2 aromatic rings. The van der Waals surface area contributed by atoms with E-state index in [4.69, 9.17) is 0 Å². The van der Waals surface area contributed by atoms with E-state index in [0.717, 1.165) is 30.8 Å². The van der Waals surface area contributed by atoms with Crippen LogP contribution in [-0.2, 0) is 11.2 Å². The quantitative estimate of drug-likeness (QED) is 0.706. The Morgan fingerprint density at radius 2 is 2.32 bits per heavy atom. The Labute approximate surface area is 146 Å². The molecule has 132 valence electrons. The average Bonchev–Trinajstić information content (AvgIpc) is 3.22. The molecule has 2 heterocycles. The van der Waals surface area contributed by atoms with Crippen molar-refractivity contribution in [2.75, 3.05) is 16.8 Å². The summed E-state index contributed by atoms with van der Waals surface area (Å²) in [5, 5.41) is 5.65. The van der Waals surface area contributed by atoms with Crippen molar-refractivity contribution in [3.8, 4) is 0 Å². The van der Waals surface area contributed by atoms with E-state index >= 15 is 0 Å². The van der Waals surface area contributed by atoms with Gasteiger partial charge < -0.3 is 20.5 Å². The van der Waals surface area contributed by atoms with E-state index in [2.05, 4.69) is 20.6 Å². The highest BCUT2D eigenvalue weighted by Gasteiger charge is 2.28. The SMILES string of the molecule is C[C@@H]1CCC(=O)N1c1cccc(NC(=O)NCCCc2ncc[nH]2)c1. The van der Waals surface area contributed by atoms with Gasteiger partial charge >= 0.3 is 6.03 Å². The van der Waals surface area contributed by atoms with Crippen LogP contribution in [0.15, 0.2) is 36.7 Å². The van der Waals surface area contributed by atoms with Gasteiger partial charge in [-0.15, -0.1) is 0 Å². The van der Waals surface area contributed by atoms with Gasteiger partial charge in [0.15, 0.2) is 0 Å². The van der Waals surface area contributed by atoms with E-state index in [9.17, 15) is 9.59 Å². The second-order valence-electron chi connectivity index (χ2n) is 6.22. The first-order valence-corrected chi connectivity index (χ1v) is 8.59. The minimum atomic E-state index is -0.252. The molecule has 3 rings (SSSR count). The maximum absolute atomic E-state index is 12.0. The van der Waals surface area contributed by atoms with Crippen molar-refractivity contribution < 1.29 is 9.59 Å². The number of carbonyl (C=O) groups is 2. The van der Waals surface area contributed by atoms with E-state index in [1.54, 1.807) is 17.3 Å². The van der Waals surface area contributed by atoms with Crippen molar-refractivity contribution in [1.29, 1.82) is 0 Å². The molecule has 1 aliphatic rings. The van der Waals surface area contributed by atoms with Crippen molar-refractivity contribution in [2.45, 2.75) is 38.6 Å². The third-order valence-corrected chi connectivity index (χ3v) is 4.30. The number of amides is 3. The van der Waals surface area contributed by atoms with Gasteiger partial charge in [-0.1, -0.05) is 6.07 Å². The first kappa shape index (κ1) is 17.0. The Kier molecular flexibility index (Phi) is 5.33. The Balaban J connectivity index is 1.49. The van der Waals surface area contributed by atoms with Crippen LogP contribution in [0.1, 0.15) is 32.0 Å². The number of hydrogen-bond acceptors (Lipinski definition) is 3. The van der Waals surface area contributed by atoms with Crippen LogP contribution in [0.2, 0.25) is 0 Å². The second-order valence-corrected chi connectivity index (χ2v) is 6.22. The van der Waals surface area contributed by atoms with E-state index < -0.39 is 0 Å². The molecule has 0 aliphatic carbocycles. The van der Waals surface area contributed by atoms with Crippen molar-refractivity contribution in [2.24, 2.45) is 0 Å². The van der Waals surface area contributed by atoms with Crippen LogP contribution in [0, 0.1) is 0 Å². The molecular weight excluding hydrogens is 318 g/mol. The Bertz CT molecular complexity index is 729. The minimum Gasteiger partial charge on any atom is -0.349 e. The molecule has 25 heavy (non-hydrogen) atoms. The summed E-state index contributed by atoms with van der Waals surface area (Å²) in [5.41, 5.74) is 1.50. The zero-order valence-electron chi connectivity index (χ0n) is 14.3. The normalized spacial score (nSPS) is 16.9. The van der Waals surface area contributed by atoms with Gasteiger partial charge in [0.25, 0.3) is 0 Å². The number of imidazole rings is 1. The van der Waals surface area contributed by atoms with Crippen LogP contribution in [-0.4, -0.2) is 34.5 Å². The highest BCUT2D eigenvalue weighted by molar-refractivity contribution is 5.97. The first-order chi connectivity index (χ1) is 12.1. The predicted octanol–water partition coefficient (Wildman–Crippen LogP) is 2.68. The molecule has 0 spiro atoms. The van der Waals surface area contributed by atoms with Crippen LogP contribution in [0.25, 0.3) is 0 Å². The Morgan fingerprint density at radius 3 is 3.04 bits per heavy atom. The first-order valence-electron chi connectivity index (χ1n) is 8.59. The summed E-state index contributed by atoms with van der Waals surface area (Å²) in [4.78, 5) is 33.0. The van der Waals surface area contributed by atoms with Gasteiger partial charge in [0.2, 0.25) is 5.91 Å². The average molecular weight is 341 g/mol. The second kappa shape index (κ2) is 7.83. The Hall–Kier alpha value is -2.83. The molecule has 1 aromatic heterocycles. The summed E-state index contributed by atoms with van der Waals surface area (Å²) in [7, 11) is 0. The number of nitrogens with zero attached hydrogens (tertiary/aromatic N) is 2. The van der Waals surface area contributed by atoms with E-state index in [-0.39, 0.29) is 18.0 Å². The van der Waals surface area contributed by atoms with Gasteiger partial charge in [-0.25, -0.2) is 9.78 Å². The van der Waals surface area contributed by atoms with Crippen LogP contribution >= 0.6 is 0 Å². The largest absolute Gasteiger partial charge is 0.349 e. The molecule has 7 nitrogen and oxygen atoms in total. The number of rotatable bonds is 6. The van der Waals surface area contributed by atoms with E-state index in [0.29, 0.717) is 18.7 Å². The molecule has 1 atom stereocenters. The van der Waals surface area contributed by atoms with Crippen molar-refractivity contribution in [1.82, 2.24) is 15.3 Å².